The topological polar surface area (TPSA) is 77.1 Å². The third-order valence-electron chi connectivity index (χ3n) is 6.14. The molecule has 2 unspecified atom stereocenters. The van der Waals surface area contributed by atoms with E-state index in [1.165, 1.54) is 17.7 Å². The molecule has 1 saturated heterocycles. The number of nitrogens with zero attached hydrogens (tertiary/aromatic N) is 1. The lowest BCUT2D eigenvalue weighted by Gasteiger charge is -2.23. The van der Waals surface area contributed by atoms with Crippen LogP contribution in [-0.2, 0) is 23.3 Å². The number of halogens is 1. The van der Waals surface area contributed by atoms with E-state index in [0.717, 1.165) is 29.3 Å². The second-order valence-electron chi connectivity index (χ2n) is 7.83. The molecule has 3 aromatic rings. The van der Waals surface area contributed by atoms with Crippen molar-refractivity contribution in [3.05, 3.63) is 53.2 Å². The van der Waals surface area contributed by atoms with Crippen LogP contribution in [0.15, 0.2) is 46.2 Å². The van der Waals surface area contributed by atoms with Gasteiger partial charge in [-0.2, -0.15) is 0 Å². The molecule has 1 aromatic heterocycles. The Morgan fingerprint density at radius 2 is 1.82 bits per heavy atom. The number of rotatable bonds is 2. The van der Waals surface area contributed by atoms with E-state index >= 15 is 0 Å². The Morgan fingerprint density at radius 1 is 1.11 bits per heavy atom. The standard InChI is InChI=1S/C21H23N3O2S.ClH/c1-12-9-16(27(25,26)15-6-3-13(22)4-7-15)11-17-20-18-8-5-14(23-18)10-19(20)24(2)21(12)17;/h3-4,6-7,9,11,14,18,23H,5,8,10,22H2,1-2H3;1H. The van der Waals surface area contributed by atoms with Gasteiger partial charge in [0.15, 0.2) is 0 Å². The van der Waals surface area contributed by atoms with Crippen LogP contribution >= 0.6 is 12.4 Å². The fraction of sp³-hybridized carbons (Fsp3) is 0.333. The van der Waals surface area contributed by atoms with Crippen molar-refractivity contribution in [1.29, 1.82) is 0 Å². The maximum atomic E-state index is 13.2. The van der Waals surface area contributed by atoms with Crippen molar-refractivity contribution in [2.45, 2.75) is 48.1 Å². The molecule has 2 aromatic carbocycles. The van der Waals surface area contributed by atoms with Crippen LogP contribution in [0.4, 0.5) is 5.69 Å². The molecule has 7 heteroatoms. The zero-order valence-corrected chi connectivity index (χ0v) is 17.5. The van der Waals surface area contributed by atoms with E-state index in [0.29, 0.717) is 22.7 Å². The van der Waals surface area contributed by atoms with Gasteiger partial charge in [-0.25, -0.2) is 8.42 Å². The fourth-order valence-corrected chi connectivity index (χ4v) is 6.25. The molecule has 2 aliphatic rings. The Hall–Kier alpha value is -2.02. The van der Waals surface area contributed by atoms with Crippen LogP contribution < -0.4 is 11.1 Å². The van der Waals surface area contributed by atoms with Crippen LogP contribution in [0.1, 0.15) is 35.7 Å². The van der Waals surface area contributed by atoms with Crippen molar-refractivity contribution in [2.24, 2.45) is 7.05 Å². The smallest absolute Gasteiger partial charge is 0.206 e. The number of benzene rings is 2. The highest BCUT2D eigenvalue weighted by atomic mass is 35.5. The highest BCUT2D eigenvalue weighted by Gasteiger charge is 2.36. The summed E-state index contributed by atoms with van der Waals surface area (Å²) in [5.74, 6) is 0. The zero-order chi connectivity index (χ0) is 18.9. The van der Waals surface area contributed by atoms with Gasteiger partial charge in [0.25, 0.3) is 0 Å². The molecule has 2 atom stereocenters. The van der Waals surface area contributed by atoms with Gasteiger partial charge in [0, 0.05) is 42.3 Å². The number of nitrogens with two attached hydrogens (primary N) is 1. The number of nitrogen functional groups attached to an aromatic ring is 1. The first-order chi connectivity index (χ1) is 12.9. The number of aromatic nitrogens is 1. The van der Waals surface area contributed by atoms with Crippen molar-refractivity contribution in [3.63, 3.8) is 0 Å². The molecule has 1 fully saturated rings. The number of anilines is 1. The summed E-state index contributed by atoms with van der Waals surface area (Å²) >= 11 is 0. The van der Waals surface area contributed by atoms with Gasteiger partial charge in [0.2, 0.25) is 9.84 Å². The van der Waals surface area contributed by atoms with Crippen LogP contribution in [-0.4, -0.2) is 19.0 Å². The highest BCUT2D eigenvalue weighted by Crippen LogP contribution is 2.43. The number of hydrogen-bond donors (Lipinski definition) is 2. The quantitative estimate of drug-likeness (QED) is 0.623. The van der Waals surface area contributed by atoms with Crippen LogP contribution in [0, 0.1) is 6.92 Å². The zero-order valence-electron chi connectivity index (χ0n) is 15.9. The van der Waals surface area contributed by atoms with Crippen LogP contribution in [0.25, 0.3) is 10.9 Å². The molecule has 0 saturated carbocycles. The van der Waals surface area contributed by atoms with Gasteiger partial charge in [0.05, 0.1) is 15.3 Å². The van der Waals surface area contributed by atoms with Gasteiger partial charge in [-0.05, 0) is 67.3 Å². The van der Waals surface area contributed by atoms with E-state index in [2.05, 4.69) is 16.9 Å². The molecular weight excluding hydrogens is 394 g/mol. The normalized spacial score (nSPS) is 20.8. The van der Waals surface area contributed by atoms with Gasteiger partial charge in [-0.15, -0.1) is 12.4 Å². The Kier molecular flexibility index (Phi) is 4.49. The SMILES string of the molecule is Cc1cc(S(=O)(=O)c2ccc(N)cc2)cc2c3c(n(C)c12)CC1CCC3N1.Cl. The fourth-order valence-electron chi connectivity index (χ4n) is 4.88. The van der Waals surface area contributed by atoms with Crippen LogP contribution in [0.5, 0.6) is 0 Å². The van der Waals surface area contributed by atoms with Gasteiger partial charge >= 0.3 is 0 Å². The molecule has 148 valence electrons. The summed E-state index contributed by atoms with van der Waals surface area (Å²) in [4.78, 5) is 0.630. The Labute approximate surface area is 171 Å². The molecule has 5 rings (SSSR count). The summed E-state index contributed by atoms with van der Waals surface area (Å²) in [6, 6.07) is 11.0. The summed E-state index contributed by atoms with van der Waals surface area (Å²) in [6.45, 7) is 2.00. The first-order valence-corrected chi connectivity index (χ1v) is 10.8. The van der Waals surface area contributed by atoms with E-state index in [1.807, 2.05) is 13.0 Å². The van der Waals surface area contributed by atoms with E-state index in [9.17, 15) is 8.42 Å². The molecule has 3 N–H and O–H groups in total. The highest BCUT2D eigenvalue weighted by molar-refractivity contribution is 7.91. The van der Waals surface area contributed by atoms with Crippen molar-refractivity contribution in [3.8, 4) is 0 Å². The van der Waals surface area contributed by atoms with Crippen molar-refractivity contribution >= 4 is 38.8 Å². The summed E-state index contributed by atoms with van der Waals surface area (Å²) in [5, 5.41) is 4.76. The molecule has 3 heterocycles. The predicted molar refractivity (Wildman–Crippen MR) is 114 cm³/mol. The number of nitrogens with one attached hydrogen (secondary N) is 1. The summed E-state index contributed by atoms with van der Waals surface area (Å²) in [5.41, 5.74) is 11.0. The van der Waals surface area contributed by atoms with E-state index in [-0.39, 0.29) is 17.3 Å². The molecule has 0 radical (unpaired) electrons. The molecule has 2 aliphatic heterocycles. The maximum Gasteiger partial charge on any atom is 0.206 e. The average Bonchev–Trinajstić information content (AvgIpc) is 3.15. The van der Waals surface area contributed by atoms with E-state index < -0.39 is 9.84 Å². The molecule has 0 aliphatic carbocycles. The molecule has 0 amide bonds. The van der Waals surface area contributed by atoms with E-state index in [1.54, 1.807) is 30.3 Å². The van der Waals surface area contributed by atoms with Gasteiger partial charge < -0.3 is 15.6 Å². The van der Waals surface area contributed by atoms with Crippen LogP contribution in [0.2, 0.25) is 0 Å². The monoisotopic (exact) mass is 417 g/mol. The second kappa shape index (κ2) is 6.51. The van der Waals surface area contributed by atoms with Gasteiger partial charge in [-0.1, -0.05) is 0 Å². The minimum absolute atomic E-state index is 0. The lowest BCUT2D eigenvalue weighted by Crippen LogP contribution is -2.32. The first-order valence-electron chi connectivity index (χ1n) is 9.35. The number of sulfone groups is 1. The largest absolute Gasteiger partial charge is 0.399 e. The third kappa shape index (κ3) is 2.66. The van der Waals surface area contributed by atoms with Crippen molar-refractivity contribution < 1.29 is 8.42 Å². The van der Waals surface area contributed by atoms with Crippen LogP contribution in [0.3, 0.4) is 0 Å². The molecular formula is C21H24ClN3O2S. The lowest BCUT2D eigenvalue weighted by atomic mass is 9.98. The number of fused-ring (bicyclic) bond motifs is 6. The first kappa shape index (κ1) is 19.3. The minimum atomic E-state index is -3.59. The van der Waals surface area contributed by atoms with Crippen molar-refractivity contribution in [2.75, 3.05) is 5.73 Å². The summed E-state index contributed by atoms with van der Waals surface area (Å²) in [6.07, 6.45) is 3.31. The second-order valence-corrected chi connectivity index (χ2v) is 9.78. The average molecular weight is 418 g/mol. The van der Waals surface area contributed by atoms with Crippen molar-refractivity contribution in [1.82, 2.24) is 9.88 Å². The number of aryl methyl sites for hydroxylation is 2. The minimum Gasteiger partial charge on any atom is -0.399 e. The molecule has 28 heavy (non-hydrogen) atoms. The van der Waals surface area contributed by atoms with Gasteiger partial charge in [-0.3, -0.25) is 0 Å². The summed E-state index contributed by atoms with van der Waals surface area (Å²) in [7, 11) is -1.48. The van der Waals surface area contributed by atoms with Gasteiger partial charge in [0.1, 0.15) is 0 Å². The summed E-state index contributed by atoms with van der Waals surface area (Å²) < 4.78 is 28.7. The lowest BCUT2D eigenvalue weighted by molar-refractivity contribution is 0.503. The Morgan fingerprint density at radius 3 is 2.54 bits per heavy atom. The maximum absolute atomic E-state index is 13.2. The molecule has 2 bridgehead atoms. The molecule has 0 spiro atoms. The predicted octanol–water partition coefficient (Wildman–Crippen LogP) is 3.67. The molecule has 5 nitrogen and oxygen atoms in total. The Bertz CT molecular complexity index is 1180. The Balaban J connectivity index is 0.00000192. The van der Waals surface area contributed by atoms with E-state index in [4.69, 9.17) is 5.73 Å². The third-order valence-corrected chi connectivity index (χ3v) is 7.89. The number of hydrogen-bond acceptors (Lipinski definition) is 4.